The Bertz CT molecular complexity index is 1190. The number of rotatable bonds is 4. The van der Waals surface area contributed by atoms with Crippen molar-refractivity contribution in [3.63, 3.8) is 0 Å². The van der Waals surface area contributed by atoms with Gasteiger partial charge in [-0.3, -0.25) is 14.4 Å². The third kappa shape index (κ3) is 4.01. The predicted octanol–water partition coefficient (Wildman–Crippen LogP) is 4.43. The SMILES string of the molecule is C[C@@H]1Cc2cc(C(=O)Nc3nc(-c4ccc(Cl)cc4)cs3)ccc2N1S(C)(=O)=O. The van der Waals surface area contributed by atoms with Crippen molar-refractivity contribution in [1.82, 2.24) is 4.98 Å². The van der Waals surface area contributed by atoms with Crippen LogP contribution in [0, 0.1) is 0 Å². The first-order valence-corrected chi connectivity index (χ1v) is 12.0. The molecule has 1 atom stereocenters. The van der Waals surface area contributed by atoms with Gasteiger partial charge in [-0.1, -0.05) is 23.7 Å². The lowest BCUT2D eigenvalue weighted by Crippen LogP contribution is -2.34. The van der Waals surface area contributed by atoms with Crippen molar-refractivity contribution in [2.75, 3.05) is 15.9 Å². The molecule has 0 spiro atoms. The summed E-state index contributed by atoms with van der Waals surface area (Å²) in [6, 6.07) is 12.2. The molecule has 1 aliphatic rings. The molecule has 0 bridgehead atoms. The van der Waals surface area contributed by atoms with Crippen molar-refractivity contribution in [1.29, 1.82) is 0 Å². The second-order valence-electron chi connectivity index (χ2n) is 6.95. The quantitative estimate of drug-likeness (QED) is 0.641. The Kier molecular flexibility index (Phi) is 5.10. The van der Waals surface area contributed by atoms with Crippen LogP contribution in [-0.2, 0) is 16.4 Å². The van der Waals surface area contributed by atoms with Gasteiger partial charge in [-0.15, -0.1) is 11.3 Å². The maximum atomic E-state index is 12.7. The van der Waals surface area contributed by atoms with Crippen LogP contribution < -0.4 is 9.62 Å². The molecule has 3 aromatic rings. The van der Waals surface area contributed by atoms with E-state index in [1.165, 1.54) is 21.9 Å². The first-order valence-electron chi connectivity index (χ1n) is 8.87. The van der Waals surface area contributed by atoms with Gasteiger partial charge in [0.05, 0.1) is 17.6 Å². The minimum Gasteiger partial charge on any atom is -0.298 e. The van der Waals surface area contributed by atoms with Gasteiger partial charge in [0.1, 0.15) is 0 Å². The molecular formula is C20H18ClN3O3S2. The molecular weight excluding hydrogens is 430 g/mol. The second-order valence-corrected chi connectivity index (χ2v) is 10.1. The van der Waals surface area contributed by atoms with E-state index in [1.807, 2.05) is 24.4 Å². The maximum Gasteiger partial charge on any atom is 0.257 e. The minimum absolute atomic E-state index is 0.167. The number of amides is 1. The van der Waals surface area contributed by atoms with Crippen LogP contribution in [0.3, 0.4) is 0 Å². The van der Waals surface area contributed by atoms with Gasteiger partial charge in [0, 0.05) is 27.6 Å². The first-order chi connectivity index (χ1) is 13.7. The van der Waals surface area contributed by atoms with Crippen molar-refractivity contribution < 1.29 is 13.2 Å². The van der Waals surface area contributed by atoms with Crippen LogP contribution in [0.4, 0.5) is 10.8 Å². The number of sulfonamides is 1. The number of aromatic nitrogens is 1. The van der Waals surface area contributed by atoms with Crippen molar-refractivity contribution in [2.24, 2.45) is 0 Å². The Balaban J connectivity index is 1.53. The summed E-state index contributed by atoms with van der Waals surface area (Å²) < 4.78 is 25.5. The molecule has 4 rings (SSSR count). The number of hydrogen-bond acceptors (Lipinski definition) is 5. The Morgan fingerprint density at radius 2 is 1.97 bits per heavy atom. The summed E-state index contributed by atoms with van der Waals surface area (Å²) in [7, 11) is -3.36. The van der Waals surface area contributed by atoms with Crippen LogP contribution in [0.15, 0.2) is 47.8 Å². The van der Waals surface area contributed by atoms with Crippen LogP contribution >= 0.6 is 22.9 Å². The number of hydrogen-bond donors (Lipinski definition) is 1. The number of carbonyl (C=O) groups is 1. The molecule has 0 unspecified atom stereocenters. The van der Waals surface area contributed by atoms with Crippen LogP contribution in [0.2, 0.25) is 5.02 Å². The van der Waals surface area contributed by atoms with Gasteiger partial charge in [-0.05, 0) is 49.2 Å². The lowest BCUT2D eigenvalue weighted by Gasteiger charge is -2.21. The molecule has 6 nitrogen and oxygen atoms in total. The molecule has 1 aromatic heterocycles. The molecule has 0 radical (unpaired) electrons. The minimum atomic E-state index is -3.36. The first kappa shape index (κ1) is 19.9. The van der Waals surface area contributed by atoms with Gasteiger partial charge in [0.2, 0.25) is 10.0 Å². The summed E-state index contributed by atoms with van der Waals surface area (Å²) in [4.78, 5) is 17.1. The molecule has 150 valence electrons. The molecule has 0 saturated carbocycles. The third-order valence-corrected chi connectivity index (χ3v) is 7.00. The number of anilines is 2. The van der Waals surface area contributed by atoms with E-state index in [9.17, 15) is 13.2 Å². The van der Waals surface area contributed by atoms with Gasteiger partial charge in [-0.25, -0.2) is 13.4 Å². The summed E-state index contributed by atoms with van der Waals surface area (Å²) in [5.41, 5.74) is 3.62. The van der Waals surface area contributed by atoms with Crippen LogP contribution in [0.1, 0.15) is 22.8 Å². The van der Waals surface area contributed by atoms with E-state index in [2.05, 4.69) is 10.3 Å². The van der Waals surface area contributed by atoms with Gasteiger partial charge < -0.3 is 0 Å². The van der Waals surface area contributed by atoms with E-state index in [1.54, 1.807) is 30.3 Å². The van der Waals surface area contributed by atoms with Gasteiger partial charge >= 0.3 is 0 Å². The second kappa shape index (κ2) is 7.44. The highest BCUT2D eigenvalue weighted by Crippen LogP contribution is 2.35. The van der Waals surface area contributed by atoms with E-state index in [4.69, 9.17) is 11.6 Å². The van der Waals surface area contributed by atoms with Crippen molar-refractivity contribution >= 4 is 49.7 Å². The molecule has 0 aliphatic carbocycles. The molecule has 0 fully saturated rings. The molecule has 2 aromatic carbocycles. The summed E-state index contributed by atoms with van der Waals surface area (Å²) in [5, 5.41) is 5.83. The van der Waals surface area contributed by atoms with Crippen LogP contribution in [0.5, 0.6) is 0 Å². The Labute approximate surface area is 178 Å². The number of thiazole rings is 1. The topological polar surface area (TPSA) is 79.4 Å². The van der Waals surface area contributed by atoms with Crippen LogP contribution in [0.25, 0.3) is 11.3 Å². The van der Waals surface area contributed by atoms with Crippen LogP contribution in [-0.4, -0.2) is 31.6 Å². The number of nitrogens with zero attached hydrogens (tertiary/aromatic N) is 2. The summed E-state index contributed by atoms with van der Waals surface area (Å²) in [5.74, 6) is -0.282. The third-order valence-electron chi connectivity index (χ3n) is 4.72. The normalized spacial score (nSPS) is 16.0. The van der Waals surface area contributed by atoms with E-state index in [0.29, 0.717) is 27.8 Å². The lowest BCUT2D eigenvalue weighted by atomic mass is 10.1. The summed E-state index contributed by atoms with van der Waals surface area (Å²) >= 11 is 7.25. The highest BCUT2D eigenvalue weighted by molar-refractivity contribution is 7.92. The Morgan fingerprint density at radius 1 is 1.24 bits per heavy atom. The standard InChI is InChI=1S/C20H18ClN3O3S2/c1-12-9-15-10-14(5-8-18(15)24(12)29(2,26)27)19(25)23-20-22-17(11-28-20)13-3-6-16(21)7-4-13/h3-8,10-12H,9H2,1-2H3,(H,22,23,25)/t12-/m1/s1. The largest absolute Gasteiger partial charge is 0.298 e. The molecule has 1 N–H and O–H groups in total. The number of fused-ring (bicyclic) bond motifs is 1. The predicted molar refractivity (Wildman–Crippen MR) is 117 cm³/mol. The molecule has 0 saturated heterocycles. The van der Waals surface area contributed by atoms with E-state index in [-0.39, 0.29) is 11.9 Å². The fourth-order valence-corrected chi connectivity index (χ4v) is 5.61. The molecule has 2 heterocycles. The zero-order valence-electron chi connectivity index (χ0n) is 15.7. The van der Waals surface area contributed by atoms with Gasteiger partial charge in [0.15, 0.2) is 5.13 Å². The van der Waals surface area contributed by atoms with E-state index in [0.717, 1.165) is 16.8 Å². The van der Waals surface area contributed by atoms with E-state index >= 15 is 0 Å². The molecule has 1 aliphatic heterocycles. The Morgan fingerprint density at radius 3 is 2.66 bits per heavy atom. The highest BCUT2D eigenvalue weighted by atomic mass is 35.5. The fraction of sp³-hybridized carbons (Fsp3) is 0.200. The highest BCUT2D eigenvalue weighted by Gasteiger charge is 2.32. The Hall–Kier alpha value is -2.42. The smallest absolute Gasteiger partial charge is 0.257 e. The monoisotopic (exact) mass is 447 g/mol. The maximum absolute atomic E-state index is 12.7. The average molecular weight is 448 g/mol. The molecule has 9 heteroatoms. The fourth-order valence-electron chi connectivity index (χ4n) is 3.50. The van der Waals surface area contributed by atoms with E-state index < -0.39 is 10.0 Å². The van der Waals surface area contributed by atoms with Crippen molar-refractivity contribution in [2.45, 2.75) is 19.4 Å². The number of nitrogens with one attached hydrogen (secondary N) is 1. The van der Waals surface area contributed by atoms with Crippen molar-refractivity contribution in [3.8, 4) is 11.3 Å². The number of carbonyl (C=O) groups excluding carboxylic acids is 1. The number of benzene rings is 2. The zero-order valence-corrected chi connectivity index (χ0v) is 18.1. The van der Waals surface area contributed by atoms with Gasteiger partial charge in [-0.2, -0.15) is 0 Å². The summed E-state index contributed by atoms with van der Waals surface area (Å²) in [6.45, 7) is 1.86. The van der Waals surface area contributed by atoms with Crippen molar-refractivity contribution in [3.05, 3.63) is 64.0 Å². The number of halogens is 1. The van der Waals surface area contributed by atoms with Gasteiger partial charge in [0.25, 0.3) is 5.91 Å². The average Bonchev–Trinajstić information content (AvgIpc) is 3.24. The summed E-state index contributed by atoms with van der Waals surface area (Å²) in [6.07, 6.45) is 1.77. The molecule has 29 heavy (non-hydrogen) atoms. The zero-order chi connectivity index (χ0) is 20.8. The molecule has 1 amide bonds. The lowest BCUT2D eigenvalue weighted by molar-refractivity contribution is 0.102.